The molecule has 2 aromatic heterocycles. The van der Waals surface area contributed by atoms with E-state index in [2.05, 4.69) is 4.98 Å². The van der Waals surface area contributed by atoms with Gasteiger partial charge in [0.05, 0.1) is 7.11 Å². The molecule has 0 unspecified atom stereocenters. The Morgan fingerprint density at radius 3 is 2.47 bits per heavy atom. The second-order valence-electron chi connectivity index (χ2n) is 7.40. The Hall–Kier alpha value is -2.95. The van der Waals surface area contributed by atoms with E-state index in [0.717, 1.165) is 17.4 Å². The number of carbonyl (C=O) groups excluding carboxylic acids is 1. The van der Waals surface area contributed by atoms with E-state index in [1.54, 1.807) is 36.7 Å². The van der Waals surface area contributed by atoms with Crippen molar-refractivity contribution in [2.45, 2.75) is 24.6 Å². The first-order chi connectivity index (χ1) is 14.6. The average molecular weight is 482 g/mol. The van der Waals surface area contributed by atoms with Crippen molar-refractivity contribution >= 4 is 38.9 Å². The highest BCUT2D eigenvalue weighted by molar-refractivity contribution is 7.92. The molecule has 11 heteroatoms. The SMILES string of the molecule is COc1ccc(-c2ccc3c(=O)n(CC[C@](C)(C(=O)NO)S(C)(=O)=O)ccc3c2)cn1.Cl. The van der Waals surface area contributed by atoms with E-state index >= 15 is 0 Å². The molecular weight excluding hydrogens is 458 g/mol. The summed E-state index contributed by atoms with van der Waals surface area (Å²) in [5.74, 6) is -0.537. The lowest BCUT2D eigenvalue weighted by molar-refractivity contribution is -0.131. The van der Waals surface area contributed by atoms with Crippen molar-refractivity contribution in [1.29, 1.82) is 0 Å². The number of aromatic nitrogens is 2. The zero-order valence-corrected chi connectivity index (χ0v) is 19.4. The number of nitrogens with one attached hydrogen (secondary N) is 1. The highest BCUT2D eigenvalue weighted by Crippen LogP contribution is 2.25. The van der Waals surface area contributed by atoms with E-state index in [9.17, 15) is 18.0 Å². The molecule has 0 saturated carbocycles. The largest absolute Gasteiger partial charge is 0.481 e. The number of hydroxylamine groups is 1. The monoisotopic (exact) mass is 481 g/mol. The van der Waals surface area contributed by atoms with Gasteiger partial charge in [-0.05, 0) is 48.6 Å². The summed E-state index contributed by atoms with van der Waals surface area (Å²) in [6.45, 7) is 1.20. The number of hydrogen-bond acceptors (Lipinski definition) is 7. The number of methoxy groups -OCH3 is 1. The molecule has 0 saturated heterocycles. The Bertz CT molecular complexity index is 1290. The smallest absolute Gasteiger partial charge is 0.264 e. The van der Waals surface area contributed by atoms with E-state index in [0.29, 0.717) is 16.7 Å². The predicted molar refractivity (Wildman–Crippen MR) is 123 cm³/mol. The molecule has 0 aliphatic carbocycles. The molecule has 0 fully saturated rings. The number of ether oxygens (including phenoxy) is 1. The minimum Gasteiger partial charge on any atom is -0.481 e. The number of sulfone groups is 1. The van der Waals surface area contributed by atoms with Crippen LogP contribution in [0.1, 0.15) is 13.3 Å². The Morgan fingerprint density at radius 1 is 1.22 bits per heavy atom. The van der Waals surface area contributed by atoms with E-state index < -0.39 is 20.5 Å². The highest BCUT2D eigenvalue weighted by atomic mass is 35.5. The van der Waals surface area contributed by atoms with Gasteiger partial charge in [0.1, 0.15) is 0 Å². The maximum atomic E-state index is 12.9. The van der Waals surface area contributed by atoms with Crippen LogP contribution in [0.2, 0.25) is 0 Å². The Morgan fingerprint density at radius 2 is 1.91 bits per heavy atom. The summed E-state index contributed by atoms with van der Waals surface area (Å²) < 4.78 is 28.8. The van der Waals surface area contributed by atoms with Crippen LogP contribution in [0.4, 0.5) is 0 Å². The van der Waals surface area contributed by atoms with Gasteiger partial charge >= 0.3 is 0 Å². The standard InChI is InChI=1S/C21H23N3O6S.ClH/c1-21(20(26)23-27,31(3,28)29)9-11-24-10-8-15-12-14(4-6-17(15)19(24)25)16-5-7-18(30-2)22-13-16;/h4-8,10,12-13,27H,9,11H2,1-3H3,(H,23,26);1H/t21-;/m1./s1. The number of benzene rings is 1. The van der Waals surface area contributed by atoms with Gasteiger partial charge in [0.2, 0.25) is 5.88 Å². The van der Waals surface area contributed by atoms with Crippen molar-refractivity contribution in [3.8, 4) is 17.0 Å². The average Bonchev–Trinajstić information content (AvgIpc) is 2.76. The summed E-state index contributed by atoms with van der Waals surface area (Å²) in [7, 11) is -2.31. The summed E-state index contributed by atoms with van der Waals surface area (Å²) in [5.41, 5.74) is 2.84. The maximum absolute atomic E-state index is 12.9. The Balaban J connectivity index is 0.00000363. The molecule has 0 aliphatic heterocycles. The third-order valence-corrected chi connectivity index (χ3v) is 7.51. The van der Waals surface area contributed by atoms with Crippen molar-refractivity contribution in [1.82, 2.24) is 15.0 Å². The number of nitrogens with zero attached hydrogens (tertiary/aromatic N) is 2. The molecule has 2 N–H and O–H groups in total. The molecule has 3 rings (SSSR count). The second kappa shape index (κ2) is 9.68. The lowest BCUT2D eigenvalue weighted by Gasteiger charge is -2.25. The summed E-state index contributed by atoms with van der Waals surface area (Å²) in [6, 6.07) is 10.7. The highest BCUT2D eigenvalue weighted by Gasteiger charge is 2.43. The molecule has 0 spiro atoms. The zero-order chi connectivity index (χ0) is 22.8. The molecule has 0 bridgehead atoms. The van der Waals surface area contributed by atoms with Crippen molar-refractivity contribution < 1.29 is 23.2 Å². The van der Waals surface area contributed by atoms with Crippen LogP contribution in [-0.2, 0) is 21.2 Å². The third kappa shape index (κ3) is 4.77. The minimum absolute atomic E-state index is 0. The van der Waals surface area contributed by atoms with Gasteiger partial charge in [0.25, 0.3) is 11.5 Å². The van der Waals surface area contributed by atoms with E-state index in [-0.39, 0.29) is 30.9 Å². The number of fused-ring (bicyclic) bond motifs is 1. The molecule has 0 aliphatic rings. The van der Waals surface area contributed by atoms with Gasteiger partial charge < -0.3 is 9.30 Å². The molecule has 2 heterocycles. The van der Waals surface area contributed by atoms with E-state index in [1.807, 2.05) is 12.1 Å². The second-order valence-corrected chi connectivity index (χ2v) is 9.84. The van der Waals surface area contributed by atoms with Crippen LogP contribution in [0.15, 0.2) is 53.6 Å². The van der Waals surface area contributed by atoms with Gasteiger partial charge in [-0.3, -0.25) is 14.8 Å². The summed E-state index contributed by atoms with van der Waals surface area (Å²) in [6.07, 6.45) is 3.97. The van der Waals surface area contributed by atoms with Crippen LogP contribution < -0.4 is 15.8 Å². The Kier molecular flexibility index (Phi) is 7.66. The topological polar surface area (TPSA) is 128 Å². The first-order valence-corrected chi connectivity index (χ1v) is 11.3. The number of hydrogen-bond donors (Lipinski definition) is 2. The molecule has 1 aromatic carbocycles. The van der Waals surface area contributed by atoms with Crippen LogP contribution in [0, 0.1) is 0 Å². The molecule has 1 amide bonds. The Labute approximate surface area is 191 Å². The normalized spacial score (nSPS) is 13.1. The van der Waals surface area contributed by atoms with Crippen LogP contribution in [0.5, 0.6) is 5.88 Å². The van der Waals surface area contributed by atoms with Gasteiger partial charge in [0, 0.05) is 42.2 Å². The first kappa shape index (κ1) is 25.3. The van der Waals surface area contributed by atoms with Crippen molar-refractivity contribution in [2.24, 2.45) is 0 Å². The fraction of sp³-hybridized carbons (Fsp3) is 0.286. The molecule has 1 atom stereocenters. The number of amides is 1. The van der Waals surface area contributed by atoms with Gasteiger partial charge in [0.15, 0.2) is 14.6 Å². The van der Waals surface area contributed by atoms with Crippen molar-refractivity contribution in [3.05, 3.63) is 59.1 Å². The molecule has 3 aromatic rings. The fourth-order valence-corrected chi connectivity index (χ4v) is 4.08. The number of halogens is 1. The first-order valence-electron chi connectivity index (χ1n) is 9.38. The van der Waals surface area contributed by atoms with Gasteiger partial charge in [-0.2, -0.15) is 0 Å². The molecule has 9 nitrogen and oxygen atoms in total. The number of carbonyl (C=O) groups is 1. The summed E-state index contributed by atoms with van der Waals surface area (Å²) >= 11 is 0. The van der Waals surface area contributed by atoms with Gasteiger partial charge in [-0.1, -0.05) is 6.07 Å². The molecule has 0 radical (unpaired) electrons. The van der Waals surface area contributed by atoms with Crippen LogP contribution in [0.25, 0.3) is 21.9 Å². The minimum atomic E-state index is -3.84. The van der Waals surface area contributed by atoms with Crippen LogP contribution >= 0.6 is 12.4 Å². The fourth-order valence-electron chi connectivity index (χ4n) is 3.23. The molecule has 32 heavy (non-hydrogen) atoms. The number of pyridine rings is 2. The van der Waals surface area contributed by atoms with Crippen molar-refractivity contribution in [3.63, 3.8) is 0 Å². The maximum Gasteiger partial charge on any atom is 0.264 e. The number of aryl methyl sites for hydroxylation is 1. The van der Waals surface area contributed by atoms with Crippen molar-refractivity contribution in [2.75, 3.05) is 13.4 Å². The van der Waals surface area contributed by atoms with Gasteiger partial charge in [-0.15, -0.1) is 12.4 Å². The lowest BCUT2D eigenvalue weighted by Crippen LogP contribution is -2.49. The summed E-state index contributed by atoms with van der Waals surface area (Å²) in [5, 5.41) is 10.1. The quantitative estimate of drug-likeness (QED) is 0.391. The molecular formula is C21H24ClN3O6S. The van der Waals surface area contributed by atoms with E-state index in [1.165, 1.54) is 24.1 Å². The van der Waals surface area contributed by atoms with Gasteiger partial charge in [-0.25, -0.2) is 18.9 Å². The van der Waals surface area contributed by atoms with E-state index in [4.69, 9.17) is 9.94 Å². The van der Waals surface area contributed by atoms with Crippen LogP contribution in [0.3, 0.4) is 0 Å². The third-order valence-electron chi connectivity index (χ3n) is 5.49. The summed E-state index contributed by atoms with van der Waals surface area (Å²) in [4.78, 5) is 29.1. The molecule has 172 valence electrons. The predicted octanol–water partition coefficient (Wildman–Crippen LogP) is 2.19. The van der Waals surface area contributed by atoms with Crippen LogP contribution in [-0.4, -0.2) is 47.2 Å². The lowest BCUT2D eigenvalue weighted by atomic mass is 10.0. The zero-order valence-electron chi connectivity index (χ0n) is 17.7. The number of rotatable bonds is 7.